The molecule has 0 unspecified atom stereocenters. The van der Waals surface area contributed by atoms with Crippen LogP contribution in [0.4, 0.5) is 10.1 Å². The highest BCUT2D eigenvalue weighted by Gasteiger charge is 2.04. The average Bonchev–Trinajstić information content (AvgIpc) is 2.37. The molecule has 0 aliphatic heterocycles. The standard InChI is InChI=1S/C14H17FN2O/c1-2-3-6-14(18)17-12-7-8-13(15)11(10-12)5-4-9-16/h7-8,10H,2-3,6,9,16H2,1H3,(H,17,18). The minimum atomic E-state index is -0.414. The van der Waals surface area contributed by atoms with Crippen molar-refractivity contribution in [3.05, 3.63) is 29.6 Å². The zero-order valence-electron chi connectivity index (χ0n) is 10.4. The molecular formula is C14H17FN2O. The third-order valence-corrected chi connectivity index (χ3v) is 2.33. The molecule has 1 aromatic rings. The quantitative estimate of drug-likeness (QED) is 0.803. The maximum Gasteiger partial charge on any atom is 0.224 e. The predicted octanol–water partition coefficient (Wildman–Crippen LogP) is 2.26. The van der Waals surface area contributed by atoms with Gasteiger partial charge in [0.15, 0.2) is 0 Å². The van der Waals surface area contributed by atoms with Gasteiger partial charge in [-0.3, -0.25) is 4.79 Å². The van der Waals surface area contributed by atoms with Gasteiger partial charge in [-0.1, -0.05) is 25.2 Å². The number of rotatable bonds is 4. The van der Waals surface area contributed by atoms with E-state index in [1.165, 1.54) is 18.2 Å². The first-order valence-corrected chi connectivity index (χ1v) is 5.95. The van der Waals surface area contributed by atoms with Crippen molar-refractivity contribution in [2.45, 2.75) is 26.2 Å². The molecule has 0 spiro atoms. The fourth-order valence-electron chi connectivity index (χ4n) is 1.41. The van der Waals surface area contributed by atoms with Gasteiger partial charge in [0.1, 0.15) is 5.82 Å². The van der Waals surface area contributed by atoms with Crippen LogP contribution in [0.3, 0.4) is 0 Å². The Bertz CT molecular complexity index is 474. The fraction of sp³-hybridized carbons (Fsp3) is 0.357. The summed E-state index contributed by atoms with van der Waals surface area (Å²) in [6, 6.07) is 4.32. The summed E-state index contributed by atoms with van der Waals surface area (Å²) in [6.07, 6.45) is 2.27. The number of hydrogen-bond donors (Lipinski definition) is 2. The molecule has 0 fully saturated rings. The van der Waals surface area contributed by atoms with Crippen LogP contribution in [0.2, 0.25) is 0 Å². The molecule has 0 radical (unpaired) electrons. The molecule has 0 bridgehead atoms. The number of benzene rings is 1. The molecule has 0 aliphatic rings. The van der Waals surface area contributed by atoms with Crippen molar-refractivity contribution in [2.75, 3.05) is 11.9 Å². The summed E-state index contributed by atoms with van der Waals surface area (Å²) in [4.78, 5) is 11.5. The summed E-state index contributed by atoms with van der Waals surface area (Å²) < 4.78 is 13.4. The van der Waals surface area contributed by atoms with Gasteiger partial charge >= 0.3 is 0 Å². The average molecular weight is 248 g/mol. The second-order valence-electron chi connectivity index (χ2n) is 3.85. The van der Waals surface area contributed by atoms with Crippen LogP contribution >= 0.6 is 0 Å². The van der Waals surface area contributed by atoms with E-state index in [1.807, 2.05) is 6.92 Å². The molecule has 0 saturated carbocycles. The number of amides is 1. The third-order valence-electron chi connectivity index (χ3n) is 2.33. The Hall–Kier alpha value is -1.86. The van der Waals surface area contributed by atoms with Crippen molar-refractivity contribution in [1.29, 1.82) is 0 Å². The molecule has 18 heavy (non-hydrogen) atoms. The largest absolute Gasteiger partial charge is 0.326 e. The minimum Gasteiger partial charge on any atom is -0.326 e. The van der Waals surface area contributed by atoms with Gasteiger partial charge in [-0.05, 0) is 24.6 Å². The van der Waals surface area contributed by atoms with Gasteiger partial charge in [-0.15, -0.1) is 0 Å². The molecular weight excluding hydrogens is 231 g/mol. The Morgan fingerprint density at radius 3 is 2.94 bits per heavy atom. The van der Waals surface area contributed by atoms with E-state index in [4.69, 9.17) is 5.73 Å². The van der Waals surface area contributed by atoms with E-state index in [9.17, 15) is 9.18 Å². The van der Waals surface area contributed by atoms with Crippen LogP contribution in [0.5, 0.6) is 0 Å². The fourth-order valence-corrected chi connectivity index (χ4v) is 1.41. The zero-order valence-corrected chi connectivity index (χ0v) is 10.4. The van der Waals surface area contributed by atoms with Crippen molar-refractivity contribution in [2.24, 2.45) is 5.73 Å². The second kappa shape index (κ2) is 7.46. The summed E-state index contributed by atoms with van der Waals surface area (Å²) in [5.74, 6) is 4.73. The molecule has 0 heterocycles. The van der Waals surface area contributed by atoms with Crippen LogP contribution in [0.1, 0.15) is 31.7 Å². The van der Waals surface area contributed by atoms with Crippen LogP contribution in [0.25, 0.3) is 0 Å². The first-order chi connectivity index (χ1) is 8.67. The summed E-state index contributed by atoms with van der Waals surface area (Å²) in [7, 11) is 0. The number of hydrogen-bond acceptors (Lipinski definition) is 2. The van der Waals surface area contributed by atoms with Crippen LogP contribution < -0.4 is 11.1 Å². The normalized spacial score (nSPS) is 9.50. The number of nitrogens with one attached hydrogen (secondary N) is 1. The molecule has 3 nitrogen and oxygen atoms in total. The maximum absolute atomic E-state index is 13.4. The molecule has 1 rings (SSSR count). The maximum atomic E-state index is 13.4. The molecule has 0 aliphatic carbocycles. The lowest BCUT2D eigenvalue weighted by atomic mass is 10.2. The molecule has 1 amide bonds. The van der Waals surface area contributed by atoms with Gasteiger partial charge in [0, 0.05) is 12.1 Å². The smallest absolute Gasteiger partial charge is 0.224 e. The lowest BCUT2D eigenvalue weighted by Crippen LogP contribution is -2.11. The highest BCUT2D eigenvalue weighted by Crippen LogP contribution is 2.14. The van der Waals surface area contributed by atoms with Crippen molar-refractivity contribution < 1.29 is 9.18 Å². The van der Waals surface area contributed by atoms with Crippen molar-refractivity contribution in [1.82, 2.24) is 0 Å². The number of carbonyl (C=O) groups is 1. The SMILES string of the molecule is CCCCC(=O)Nc1ccc(F)c(C#CCN)c1. The van der Waals surface area contributed by atoms with Crippen molar-refractivity contribution in [3.8, 4) is 11.8 Å². The van der Waals surface area contributed by atoms with Crippen LogP contribution in [0, 0.1) is 17.7 Å². The molecule has 0 saturated heterocycles. The molecule has 1 aromatic carbocycles. The van der Waals surface area contributed by atoms with Crippen LogP contribution in [-0.2, 0) is 4.79 Å². The topological polar surface area (TPSA) is 55.1 Å². The molecule has 0 atom stereocenters. The number of unbranched alkanes of at least 4 members (excludes halogenated alkanes) is 1. The summed E-state index contributed by atoms with van der Waals surface area (Å²) in [6.45, 7) is 2.19. The van der Waals surface area contributed by atoms with E-state index in [0.717, 1.165) is 12.8 Å². The van der Waals surface area contributed by atoms with Crippen molar-refractivity contribution in [3.63, 3.8) is 0 Å². The van der Waals surface area contributed by atoms with E-state index in [-0.39, 0.29) is 18.0 Å². The number of halogens is 1. The molecule has 4 heteroatoms. The first kappa shape index (κ1) is 14.2. The lowest BCUT2D eigenvalue weighted by molar-refractivity contribution is -0.116. The van der Waals surface area contributed by atoms with Crippen molar-refractivity contribution >= 4 is 11.6 Å². The first-order valence-electron chi connectivity index (χ1n) is 5.95. The van der Waals surface area contributed by atoms with E-state index >= 15 is 0 Å². The Morgan fingerprint density at radius 2 is 2.28 bits per heavy atom. The van der Waals surface area contributed by atoms with Gasteiger partial charge in [-0.25, -0.2) is 4.39 Å². The monoisotopic (exact) mass is 248 g/mol. The minimum absolute atomic E-state index is 0.0683. The van der Waals surface area contributed by atoms with E-state index in [1.54, 1.807) is 0 Å². The van der Waals surface area contributed by atoms with E-state index in [0.29, 0.717) is 12.1 Å². The number of anilines is 1. The van der Waals surface area contributed by atoms with Crippen LogP contribution in [0.15, 0.2) is 18.2 Å². The highest BCUT2D eigenvalue weighted by molar-refractivity contribution is 5.90. The van der Waals surface area contributed by atoms with Gasteiger partial charge in [0.05, 0.1) is 12.1 Å². The van der Waals surface area contributed by atoms with Gasteiger partial charge in [0.25, 0.3) is 0 Å². The van der Waals surface area contributed by atoms with Crippen LogP contribution in [-0.4, -0.2) is 12.5 Å². The highest BCUT2D eigenvalue weighted by atomic mass is 19.1. The summed E-state index contributed by atoms with van der Waals surface area (Å²) in [5, 5.41) is 2.72. The number of nitrogens with two attached hydrogens (primary N) is 1. The number of carbonyl (C=O) groups excluding carboxylic acids is 1. The molecule has 96 valence electrons. The zero-order chi connectivity index (χ0) is 13.4. The van der Waals surface area contributed by atoms with E-state index < -0.39 is 5.82 Å². The van der Waals surface area contributed by atoms with Gasteiger partial charge in [0.2, 0.25) is 5.91 Å². The Balaban J connectivity index is 2.75. The summed E-state index contributed by atoms with van der Waals surface area (Å²) >= 11 is 0. The third kappa shape index (κ3) is 4.56. The van der Waals surface area contributed by atoms with Gasteiger partial charge < -0.3 is 11.1 Å². The summed E-state index contributed by atoms with van der Waals surface area (Å²) in [5.41, 5.74) is 6.03. The molecule has 3 N–H and O–H groups in total. The van der Waals surface area contributed by atoms with Gasteiger partial charge in [-0.2, -0.15) is 0 Å². The van der Waals surface area contributed by atoms with E-state index in [2.05, 4.69) is 17.2 Å². The molecule has 0 aromatic heterocycles. The second-order valence-corrected chi connectivity index (χ2v) is 3.85. The Labute approximate surface area is 107 Å². The predicted molar refractivity (Wildman–Crippen MR) is 70.5 cm³/mol. The Kier molecular flexibility index (Phi) is 5.89. The lowest BCUT2D eigenvalue weighted by Gasteiger charge is -2.05. The Morgan fingerprint density at radius 1 is 1.50 bits per heavy atom.